The minimum absolute atomic E-state index is 0. The summed E-state index contributed by atoms with van der Waals surface area (Å²) in [6.07, 6.45) is 2.97. The number of ether oxygens (including phenoxy) is 1. The van der Waals surface area contributed by atoms with E-state index >= 15 is 0 Å². The number of nitrogens with zero attached hydrogens (tertiary/aromatic N) is 2. The Hall–Kier alpha value is -1.10. The van der Waals surface area contributed by atoms with Gasteiger partial charge in [0, 0.05) is 52.0 Å². The van der Waals surface area contributed by atoms with Gasteiger partial charge in [-0.2, -0.15) is 0 Å². The van der Waals surface area contributed by atoms with E-state index in [2.05, 4.69) is 10.3 Å². The second-order valence-corrected chi connectivity index (χ2v) is 6.11. The second-order valence-electron chi connectivity index (χ2n) is 6.11. The van der Waals surface area contributed by atoms with Gasteiger partial charge in [-0.15, -0.1) is 24.0 Å². The highest BCUT2D eigenvalue weighted by atomic mass is 127. The first-order chi connectivity index (χ1) is 11.9. The summed E-state index contributed by atoms with van der Waals surface area (Å²) < 4.78 is 59.2. The molecule has 148 valence electrons. The van der Waals surface area contributed by atoms with Gasteiger partial charge in [-0.25, -0.2) is 17.6 Å². The molecule has 1 saturated heterocycles. The normalized spacial score (nSPS) is 15.5. The molecule has 0 spiro atoms. The third-order valence-electron chi connectivity index (χ3n) is 4.41. The van der Waals surface area contributed by atoms with Crippen LogP contribution in [0.5, 0.6) is 0 Å². The van der Waals surface area contributed by atoms with Gasteiger partial charge in [0.15, 0.2) is 29.2 Å². The summed E-state index contributed by atoms with van der Waals surface area (Å²) in [5.74, 6) is -4.66. The van der Waals surface area contributed by atoms with E-state index in [-0.39, 0.29) is 30.0 Å². The van der Waals surface area contributed by atoms with Gasteiger partial charge >= 0.3 is 0 Å². The molecule has 0 unspecified atom stereocenters. The average Bonchev–Trinajstić information content (AvgIpc) is 2.62. The molecule has 1 heterocycles. The summed E-state index contributed by atoms with van der Waals surface area (Å²) in [5.41, 5.74) is -0.684. The quantitative estimate of drug-likeness (QED) is 0.226. The Bertz CT molecular complexity index is 598. The Morgan fingerprint density at radius 1 is 1.19 bits per heavy atom. The lowest BCUT2D eigenvalue weighted by Gasteiger charge is -2.27. The van der Waals surface area contributed by atoms with Crippen LogP contribution in [0.25, 0.3) is 0 Å². The zero-order chi connectivity index (χ0) is 18.4. The van der Waals surface area contributed by atoms with Crippen molar-refractivity contribution in [3.05, 3.63) is 34.9 Å². The van der Waals surface area contributed by atoms with Crippen LogP contribution in [0, 0.1) is 29.2 Å². The van der Waals surface area contributed by atoms with Gasteiger partial charge in [0.2, 0.25) is 0 Å². The lowest BCUT2D eigenvalue weighted by Crippen LogP contribution is -2.40. The van der Waals surface area contributed by atoms with Crippen molar-refractivity contribution >= 4 is 29.9 Å². The minimum Gasteiger partial charge on any atom is -0.381 e. The predicted octanol–water partition coefficient (Wildman–Crippen LogP) is 3.68. The first kappa shape index (κ1) is 22.9. The van der Waals surface area contributed by atoms with Crippen molar-refractivity contribution in [3.63, 3.8) is 0 Å². The molecule has 2 rings (SSSR count). The molecule has 0 aliphatic carbocycles. The van der Waals surface area contributed by atoms with Crippen molar-refractivity contribution in [2.24, 2.45) is 10.9 Å². The maximum Gasteiger partial charge on any atom is 0.193 e. The molecule has 0 saturated carbocycles. The van der Waals surface area contributed by atoms with Crippen molar-refractivity contribution in [1.82, 2.24) is 10.2 Å². The SMILES string of the molecule is CN=C(NCc1c(F)c(F)cc(F)c1F)N(C)CCC1CCOCC1.I. The van der Waals surface area contributed by atoms with E-state index < -0.39 is 35.4 Å². The minimum atomic E-state index is -1.42. The van der Waals surface area contributed by atoms with Gasteiger partial charge in [0.05, 0.1) is 0 Å². The molecule has 0 aromatic heterocycles. The van der Waals surface area contributed by atoms with Gasteiger partial charge in [-0.3, -0.25) is 4.99 Å². The predicted molar refractivity (Wildman–Crippen MR) is 103 cm³/mol. The van der Waals surface area contributed by atoms with Crippen molar-refractivity contribution < 1.29 is 22.3 Å². The van der Waals surface area contributed by atoms with Gasteiger partial charge in [0.1, 0.15) is 0 Å². The van der Waals surface area contributed by atoms with Gasteiger partial charge in [0.25, 0.3) is 0 Å². The molecule has 4 nitrogen and oxygen atoms in total. The van der Waals surface area contributed by atoms with Crippen LogP contribution in [0.4, 0.5) is 17.6 Å². The monoisotopic (exact) mass is 489 g/mol. The molecule has 1 aromatic rings. The smallest absolute Gasteiger partial charge is 0.193 e. The van der Waals surface area contributed by atoms with Crippen LogP contribution in [0.1, 0.15) is 24.8 Å². The first-order valence-electron chi connectivity index (χ1n) is 8.25. The molecule has 1 N–H and O–H groups in total. The standard InChI is InChI=1S/C17H23F4N3O.HI/c1-22-17(24(2)6-3-11-4-7-25-8-5-11)23-10-12-15(20)13(18)9-14(19)16(12)21;/h9,11H,3-8,10H2,1-2H3,(H,22,23);1H. The highest BCUT2D eigenvalue weighted by Crippen LogP contribution is 2.20. The van der Waals surface area contributed by atoms with Crippen LogP contribution in [-0.4, -0.2) is 44.7 Å². The summed E-state index contributed by atoms with van der Waals surface area (Å²) in [6.45, 7) is 1.84. The number of guanidine groups is 1. The number of nitrogens with one attached hydrogen (secondary N) is 1. The number of aliphatic imine (C=N–C) groups is 1. The van der Waals surface area contributed by atoms with E-state index in [4.69, 9.17) is 4.74 Å². The Balaban J connectivity index is 0.00000338. The fraction of sp³-hybridized carbons (Fsp3) is 0.588. The summed E-state index contributed by atoms with van der Waals surface area (Å²) in [7, 11) is 3.33. The van der Waals surface area contributed by atoms with Crippen molar-refractivity contribution in [2.45, 2.75) is 25.8 Å². The van der Waals surface area contributed by atoms with Crippen LogP contribution in [0.15, 0.2) is 11.1 Å². The van der Waals surface area contributed by atoms with Gasteiger partial charge < -0.3 is 15.0 Å². The maximum absolute atomic E-state index is 13.7. The Labute approximate surface area is 168 Å². The van der Waals surface area contributed by atoms with Crippen LogP contribution in [0.3, 0.4) is 0 Å². The molecule has 1 aliphatic rings. The average molecular weight is 489 g/mol. The fourth-order valence-electron chi connectivity index (χ4n) is 2.85. The molecule has 1 aliphatic heterocycles. The molecular formula is C17H24F4IN3O. The zero-order valence-electron chi connectivity index (χ0n) is 14.8. The molecule has 1 aromatic carbocycles. The first-order valence-corrected chi connectivity index (χ1v) is 8.25. The lowest BCUT2D eigenvalue weighted by atomic mass is 9.96. The molecule has 0 atom stereocenters. The number of halogens is 5. The number of benzene rings is 1. The van der Waals surface area contributed by atoms with Crippen LogP contribution >= 0.6 is 24.0 Å². The topological polar surface area (TPSA) is 36.9 Å². The molecule has 0 amide bonds. The zero-order valence-corrected chi connectivity index (χ0v) is 17.2. The maximum atomic E-state index is 13.7. The highest BCUT2D eigenvalue weighted by molar-refractivity contribution is 14.0. The molecule has 1 fully saturated rings. The van der Waals surface area contributed by atoms with E-state index in [0.29, 0.717) is 18.4 Å². The second kappa shape index (κ2) is 10.9. The van der Waals surface area contributed by atoms with Crippen LogP contribution in [0.2, 0.25) is 0 Å². The summed E-state index contributed by atoms with van der Waals surface area (Å²) >= 11 is 0. The van der Waals surface area contributed by atoms with Crippen molar-refractivity contribution in [3.8, 4) is 0 Å². The largest absolute Gasteiger partial charge is 0.381 e. The Kier molecular flexibility index (Phi) is 9.62. The highest BCUT2D eigenvalue weighted by Gasteiger charge is 2.20. The van der Waals surface area contributed by atoms with E-state index in [9.17, 15) is 17.6 Å². The molecular weight excluding hydrogens is 465 g/mol. The van der Waals surface area contributed by atoms with E-state index in [1.54, 1.807) is 7.05 Å². The van der Waals surface area contributed by atoms with E-state index in [1.165, 1.54) is 7.05 Å². The van der Waals surface area contributed by atoms with Gasteiger partial charge in [-0.05, 0) is 25.2 Å². The molecule has 0 radical (unpaired) electrons. The fourth-order valence-corrected chi connectivity index (χ4v) is 2.85. The Morgan fingerprint density at radius 2 is 1.77 bits per heavy atom. The Morgan fingerprint density at radius 3 is 2.31 bits per heavy atom. The van der Waals surface area contributed by atoms with E-state index in [0.717, 1.165) is 32.5 Å². The van der Waals surface area contributed by atoms with Crippen LogP contribution < -0.4 is 5.32 Å². The third kappa shape index (κ3) is 5.97. The third-order valence-corrected chi connectivity index (χ3v) is 4.41. The van der Waals surface area contributed by atoms with Crippen LogP contribution in [-0.2, 0) is 11.3 Å². The van der Waals surface area contributed by atoms with Crippen molar-refractivity contribution in [1.29, 1.82) is 0 Å². The molecule has 0 bridgehead atoms. The lowest BCUT2D eigenvalue weighted by molar-refractivity contribution is 0.0625. The van der Waals surface area contributed by atoms with Gasteiger partial charge in [-0.1, -0.05) is 0 Å². The number of hydrogen-bond donors (Lipinski definition) is 1. The van der Waals surface area contributed by atoms with Crippen molar-refractivity contribution in [2.75, 3.05) is 33.9 Å². The summed E-state index contributed by atoms with van der Waals surface area (Å²) in [5, 5.41) is 2.75. The molecule has 26 heavy (non-hydrogen) atoms. The molecule has 9 heteroatoms. The van der Waals surface area contributed by atoms with E-state index in [1.807, 2.05) is 4.90 Å². The summed E-state index contributed by atoms with van der Waals surface area (Å²) in [4.78, 5) is 5.87. The number of rotatable bonds is 5. The number of hydrogen-bond acceptors (Lipinski definition) is 2. The summed E-state index contributed by atoms with van der Waals surface area (Å²) in [6, 6.07) is 0.197.